The third-order valence-corrected chi connectivity index (χ3v) is 9.29. The Labute approximate surface area is 256 Å². The summed E-state index contributed by atoms with van der Waals surface area (Å²) in [6.07, 6.45) is 0. The zero-order valence-electron chi connectivity index (χ0n) is 24.6. The molecule has 0 spiro atoms. The van der Waals surface area contributed by atoms with Crippen LogP contribution in [-0.2, 0) is 37.4 Å². The number of nitrogens with one attached hydrogen (secondary N) is 1. The quantitative estimate of drug-likeness (QED) is 0.323. The number of methoxy groups -OCH3 is 1. The average molecular weight is 626 g/mol. The van der Waals surface area contributed by atoms with Crippen molar-refractivity contribution in [2.24, 2.45) is 0 Å². The number of carbonyl (C=O) groups excluding carboxylic acids is 2. The second-order valence-electron chi connectivity index (χ2n) is 10.2. The lowest BCUT2D eigenvalue weighted by Crippen LogP contribution is -2.48. The van der Waals surface area contributed by atoms with Gasteiger partial charge in [-0.15, -0.1) is 0 Å². The first-order valence-corrected chi connectivity index (χ1v) is 15.6. The van der Waals surface area contributed by atoms with Gasteiger partial charge in [-0.1, -0.05) is 18.2 Å². The van der Waals surface area contributed by atoms with Crippen LogP contribution in [0.5, 0.6) is 23.0 Å². The fraction of sp³-hybridized carbons (Fsp3) is 0.355. The van der Waals surface area contributed by atoms with Gasteiger partial charge in [0.25, 0.3) is 5.91 Å². The number of carbonyl (C=O) groups is 2. The Bertz CT molecular complexity index is 1560. The van der Waals surface area contributed by atoms with Crippen LogP contribution in [0.1, 0.15) is 18.1 Å². The van der Waals surface area contributed by atoms with E-state index in [2.05, 4.69) is 5.32 Å². The normalized spacial score (nSPS) is 15.3. The monoisotopic (exact) mass is 625 g/mol. The van der Waals surface area contributed by atoms with E-state index in [1.54, 1.807) is 38.3 Å². The van der Waals surface area contributed by atoms with Crippen LogP contribution in [0.25, 0.3) is 0 Å². The molecule has 2 amide bonds. The number of nitrogens with zero attached hydrogens (tertiary/aromatic N) is 2. The Morgan fingerprint density at radius 3 is 2.30 bits per heavy atom. The van der Waals surface area contributed by atoms with E-state index in [0.29, 0.717) is 49.3 Å². The van der Waals surface area contributed by atoms with Crippen molar-refractivity contribution < 1.29 is 41.7 Å². The Hall–Kier alpha value is -4.33. The molecule has 1 N–H and O–H groups in total. The molecule has 2 aliphatic rings. The van der Waals surface area contributed by atoms with E-state index in [1.165, 1.54) is 33.5 Å². The number of morpholine rings is 1. The molecular formula is C31H35N3O9S. The van der Waals surface area contributed by atoms with Gasteiger partial charge in [0.1, 0.15) is 17.5 Å². The number of sulfonamides is 1. The van der Waals surface area contributed by atoms with Gasteiger partial charge in [-0.3, -0.25) is 9.59 Å². The van der Waals surface area contributed by atoms with Crippen molar-refractivity contribution in [3.05, 3.63) is 77.9 Å². The Morgan fingerprint density at radius 1 is 0.932 bits per heavy atom. The maximum Gasteiger partial charge on any atom is 0.261 e. The second-order valence-corrected chi connectivity index (χ2v) is 12.2. The molecule has 0 aliphatic carbocycles. The number of amides is 2. The smallest absolute Gasteiger partial charge is 0.261 e. The summed E-state index contributed by atoms with van der Waals surface area (Å²) in [5.74, 6) is 1.49. The zero-order chi connectivity index (χ0) is 31.1. The van der Waals surface area contributed by atoms with Crippen molar-refractivity contribution in [1.29, 1.82) is 0 Å². The Balaban J connectivity index is 1.24. The lowest BCUT2D eigenvalue weighted by molar-refractivity contribution is -0.142. The molecule has 1 saturated heterocycles. The molecule has 3 aromatic carbocycles. The minimum absolute atomic E-state index is 0.131. The van der Waals surface area contributed by atoms with Gasteiger partial charge >= 0.3 is 0 Å². The highest BCUT2D eigenvalue weighted by molar-refractivity contribution is 7.89. The van der Waals surface area contributed by atoms with E-state index in [-0.39, 0.29) is 37.3 Å². The van der Waals surface area contributed by atoms with E-state index in [4.69, 9.17) is 23.7 Å². The third-order valence-electron chi connectivity index (χ3n) is 7.38. The van der Waals surface area contributed by atoms with Crippen molar-refractivity contribution in [3.8, 4) is 23.0 Å². The van der Waals surface area contributed by atoms with Crippen LogP contribution in [0.2, 0.25) is 0 Å². The van der Waals surface area contributed by atoms with Crippen LogP contribution < -0.4 is 24.3 Å². The predicted octanol–water partition coefficient (Wildman–Crippen LogP) is 2.56. The SMILES string of the molecule is COc1ccc(CN(C(=O)COc2ccc(S(=O)(=O)N3CCOCC3)cc2)C(C)C(=O)NCc2ccc3c(c2)OCO3)cc1. The highest BCUT2D eigenvalue weighted by Crippen LogP contribution is 2.32. The lowest BCUT2D eigenvalue weighted by Gasteiger charge is -2.29. The highest BCUT2D eigenvalue weighted by Gasteiger charge is 2.28. The third kappa shape index (κ3) is 7.41. The molecule has 12 nitrogen and oxygen atoms in total. The first-order valence-electron chi connectivity index (χ1n) is 14.1. The molecule has 0 saturated carbocycles. The topological polar surface area (TPSA) is 133 Å². The molecule has 1 unspecified atom stereocenters. The van der Waals surface area contributed by atoms with E-state index >= 15 is 0 Å². The van der Waals surface area contributed by atoms with Crippen LogP contribution >= 0.6 is 0 Å². The first kappa shape index (κ1) is 31.1. The van der Waals surface area contributed by atoms with Crippen LogP contribution in [0.3, 0.4) is 0 Å². The summed E-state index contributed by atoms with van der Waals surface area (Å²) in [5.41, 5.74) is 1.62. The summed E-state index contributed by atoms with van der Waals surface area (Å²) in [4.78, 5) is 28.3. The van der Waals surface area contributed by atoms with E-state index in [1.807, 2.05) is 18.2 Å². The predicted molar refractivity (Wildman–Crippen MR) is 159 cm³/mol. The summed E-state index contributed by atoms with van der Waals surface area (Å²) in [7, 11) is -2.09. The Kier molecular flexibility index (Phi) is 9.88. The minimum Gasteiger partial charge on any atom is -0.497 e. The summed E-state index contributed by atoms with van der Waals surface area (Å²) in [5, 5.41) is 2.89. The molecule has 1 fully saturated rings. The van der Waals surface area contributed by atoms with Gasteiger partial charge in [0.05, 0.1) is 25.2 Å². The molecule has 1 atom stereocenters. The van der Waals surface area contributed by atoms with Crippen molar-refractivity contribution in [2.75, 3.05) is 46.8 Å². The van der Waals surface area contributed by atoms with Crippen molar-refractivity contribution in [2.45, 2.75) is 31.0 Å². The molecular weight excluding hydrogens is 590 g/mol. The van der Waals surface area contributed by atoms with Crippen molar-refractivity contribution >= 4 is 21.8 Å². The summed E-state index contributed by atoms with van der Waals surface area (Å²) in [6.45, 7) is 3.14. The van der Waals surface area contributed by atoms with Crippen molar-refractivity contribution in [1.82, 2.24) is 14.5 Å². The van der Waals surface area contributed by atoms with Crippen molar-refractivity contribution in [3.63, 3.8) is 0 Å². The number of rotatable bonds is 12. The molecule has 44 heavy (non-hydrogen) atoms. The number of benzene rings is 3. The number of hydrogen-bond acceptors (Lipinski definition) is 9. The number of hydrogen-bond donors (Lipinski definition) is 1. The van der Waals surface area contributed by atoms with Gasteiger partial charge in [0.2, 0.25) is 22.7 Å². The standard InChI is InChI=1S/C31H35N3O9S/c1-22(31(36)32-18-24-5-12-28-29(17-24)43-21-42-28)34(19-23-3-6-25(39-2)7-4-23)30(35)20-41-26-8-10-27(11-9-26)44(37,38)33-13-15-40-16-14-33/h3-12,17,22H,13-16,18-21H2,1-2H3,(H,32,36). The lowest BCUT2D eigenvalue weighted by atomic mass is 10.1. The molecule has 2 aliphatic heterocycles. The largest absolute Gasteiger partial charge is 0.497 e. The molecule has 3 aromatic rings. The van der Waals surface area contributed by atoms with Crippen LogP contribution in [0.15, 0.2) is 71.6 Å². The molecule has 2 heterocycles. The van der Waals surface area contributed by atoms with E-state index in [9.17, 15) is 18.0 Å². The van der Waals surface area contributed by atoms with Gasteiger partial charge < -0.3 is 33.9 Å². The Morgan fingerprint density at radius 2 is 1.59 bits per heavy atom. The number of ether oxygens (including phenoxy) is 5. The molecule has 0 radical (unpaired) electrons. The summed E-state index contributed by atoms with van der Waals surface area (Å²) in [6, 6.07) is 17.7. The summed E-state index contributed by atoms with van der Waals surface area (Å²) < 4.78 is 54.2. The number of fused-ring (bicyclic) bond motifs is 1. The second kappa shape index (κ2) is 14.0. The first-order chi connectivity index (χ1) is 21.2. The molecule has 0 bridgehead atoms. The van der Waals surface area contributed by atoms with E-state index in [0.717, 1.165) is 11.1 Å². The van der Waals surface area contributed by atoms with Crippen LogP contribution in [0.4, 0.5) is 0 Å². The van der Waals surface area contributed by atoms with E-state index < -0.39 is 22.0 Å². The average Bonchev–Trinajstić information content (AvgIpc) is 3.53. The molecule has 13 heteroatoms. The van der Waals surface area contributed by atoms with Gasteiger partial charge in [0.15, 0.2) is 18.1 Å². The van der Waals surface area contributed by atoms with Crippen LogP contribution in [0, 0.1) is 0 Å². The van der Waals surface area contributed by atoms with Gasteiger partial charge in [-0.05, 0) is 66.6 Å². The zero-order valence-corrected chi connectivity index (χ0v) is 25.4. The minimum atomic E-state index is -3.66. The molecule has 234 valence electrons. The molecule has 5 rings (SSSR count). The van der Waals surface area contributed by atoms with Crippen LogP contribution in [-0.4, -0.2) is 82.3 Å². The van der Waals surface area contributed by atoms with Gasteiger partial charge in [-0.2, -0.15) is 4.31 Å². The highest BCUT2D eigenvalue weighted by atomic mass is 32.2. The fourth-order valence-electron chi connectivity index (χ4n) is 4.77. The summed E-state index contributed by atoms with van der Waals surface area (Å²) >= 11 is 0. The fourth-order valence-corrected chi connectivity index (χ4v) is 6.18. The maximum absolute atomic E-state index is 13.5. The molecule has 0 aromatic heterocycles. The maximum atomic E-state index is 13.5. The van der Waals surface area contributed by atoms with Gasteiger partial charge in [-0.25, -0.2) is 8.42 Å². The van der Waals surface area contributed by atoms with Gasteiger partial charge in [0, 0.05) is 26.2 Å².